The summed E-state index contributed by atoms with van der Waals surface area (Å²) in [5.74, 6) is -1.42. The molecule has 6 nitrogen and oxygen atoms in total. The van der Waals surface area contributed by atoms with Gasteiger partial charge in [-0.3, -0.25) is 4.79 Å². The third-order valence-electron chi connectivity index (χ3n) is 3.15. The molecular weight excluding hydrogens is 344 g/mol. The fourth-order valence-corrected chi connectivity index (χ4v) is 1.98. The maximum atomic E-state index is 13.2. The second-order valence-electron chi connectivity index (χ2n) is 5.01. The zero-order valence-corrected chi connectivity index (χ0v) is 12.8. The minimum absolute atomic E-state index is 0.169. The summed E-state index contributed by atoms with van der Waals surface area (Å²) in [5, 5.41) is 8.45. The van der Waals surface area contributed by atoms with Crippen molar-refractivity contribution >= 4 is 11.7 Å². The minimum Gasteiger partial charge on any atom is -0.338 e. The highest BCUT2D eigenvalue weighted by Crippen LogP contribution is 2.32. The molecule has 0 fully saturated rings. The molecule has 0 saturated carbocycles. The van der Waals surface area contributed by atoms with Gasteiger partial charge in [0.15, 0.2) is 0 Å². The van der Waals surface area contributed by atoms with Crippen LogP contribution in [0.4, 0.5) is 28.0 Å². The van der Waals surface area contributed by atoms with Crippen LogP contribution in [-0.4, -0.2) is 22.4 Å². The number of benzene rings is 1. The van der Waals surface area contributed by atoms with Crippen molar-refractivity contribution in [2.24, 2.45) is 0 Å². The van der Waals surface area contributed by atoms with Crippen molar-refractivity contribution in [2.45, 2.75) is 19.1 Å². The van der Waals surface area contributed by atoms with E-state index in [0.29, 0.717) is 18.6 Å². The van der Waals surface area contributed by atoms with Gasteiger partial charge in [-0.2, -0.15) is 18.3 Å². The summed E-state index contributed by atoms with van der Waals surface area (Å²) < 4.78 is 52.2. The van der Waals surface area contributed by atoms with E-state index < -0.39 is 23.6 Å². The van der Waals surface area contributed by atoms with Crippen molar-refractivity contribution in [2.75, 3.05) is 11.9 Å². The lowest BCUT2D eigenvalue weighted by atomic mass is 10.2. The van der Waals surface area contributed by atoms with Crippen molar-refractivity contribution in [3.63, 3.8) is 0 Å². The summed E-state index contributed by atoms with van der Waals surface area (Å²) >= 11 is 0. The number of rotatable bonds is 5. The standard InChI is InChI=1S/C15H14F4N4O2/c16-12-5-4-10(9-11(12)15(17,18)19)22-14(25)20-6-2-8-23-13(24)3-1-7-21-23/h1,3-5,7,9H,2,6,8H2,(H2,20,22,25). The summed E-state index contributed by atoms with van der Waals surface area (Å²) in [4.78, 5) is 23.1. The number of carbonyl (C=O) groups is 1. The Bertz CT molecular complexity index is 805. The number of anilines is 1. The average Bonchev–Trinajstić information content (AvgIpc) is 2.54. The van der Waals surface area contributed by atoms with E-state index in [1.165, 1.54) is 23.0 Å². The van der Waals surface area contributed by atoms with Gasteiger partial charge < -0.3 is 10.6 Å². The fraction of sp³-hybridized carbons (Fsp3) is 0.267. The van der Waals surface area contributed by atoms with Crippen LogP contribution in [0, 0.1) is 5.82 Å². The molecule has 0 bridgehead atoms. The Balaban J connectivity index is 1.85. The zero-order valence-electron chi connectivity index (χ0n) is 12.8. The van der Waals surface area contributed by atoms with E-state index in [9.17, 15) is 27.2 Å². The molecule has 2 amide bonds. The number of amides is 2. The van der Waals surface area contributed by atoms with Gasteiger partial charge in [-0.1, -0.05) is 0 Å². The summed E-state index contributed by atoms with van der Waals surface area (Å²) in [5.41, 5.74) is -1.93. The Morgan fingerprint density at radius 3 is 2.68 bits per heavy atom. The lowest BCUT2D eigenvalue weighted by Crippen LogP contribution is -2.31. The van der Waals surface area contributed by atoms with Gasteiger partial charge in [-0.25, -0.2) is 13.9 Å². The quantitative estimate of drug-likeness (QED) is 0.637. The molecule has 1 heterocycles. The molecular formula is C15H14F4N4O2. The molecule has 134 valence electrons. The number of carbonyl (C=O) groups excluding carboxylic acids is 1. The number of aryl methyl sites for hydroxylation is 1. The first-order valence-electron chi connectivity index (χ1n) is 7.21. The largest absolute Gasteiger partial charge is 0.419 e. The van der Waals surface area contributed by atoms with Gasteiger partial charge in [0.1, 0.15) is 5.82 Å². The summed E-state index contributed by atoms with van der Waals surface area (Å²) in [6, 6.07) is 4.28. The topological polar surface area (TPSA) is 76.0 Å². The molecule has 1 aromatic carbocycles. The molecule has 25 heavy (non-hydrogen) atoms. The van der Waals surface area contributed by atoms with Gasteiger partial charge >= 0.3 is 12.2 Å². The van der Waals surface area contributed by atoms with Crippen LogP contribution in [0.1, 0.15) is 12.0 Å². The normalized spacial score (nSPS) is 11.2. The molecule has 10 heteroatoms. The monoisotopic (exact) mass is 358 g/mol. The van der Waals surface area contributed by atoms with Gasteiger partial charge in [0.25, 0.3) is 5.56 Å². The molecule has 0 aliphatic heterocycles. The smallest absolute Gasteiger partial charge is 0.338 e. The molecule has 0 saturated heterocycles. The van der Waals surface area contributed by atoms with E-state index in [2.05, 4.69) is 15.7 Å². The molecule has 0 aliphatic rings. The predicted octanol–water partition coefficient (Wildman–Crippen LogP) is 2.61. The number of urea groups is 1. The van der Waals surface area contributed by atoms with Crippen LogP contribution in [0.5, 0.6) is 0 Å². The number of nitrogens with zero attached hydrogens (tertiary/aromatic N) is 2. The summed E-state index contributed by atoms with van der Waals surface area (Å²) in [6.07, 6.45) is -3.01. The SMILES string of the molecule is O=C(NCCCn1ncccc1=O)Nc1ccc(F)c(C(F)(F)F)c1. The van der Waals surface area contributed by atoms with Crippen LogP contribution in [0.25, 0.3) is 0 Å². The van der Waals surface area contributed by atoms with E-state index in [0.717, 1.165) is 6.07 Å². The van der Waals surface area contributed by atoms with Crippen LogP contribution < -0.4 is 16.2 Å². The van der Waals surface area contributed by atoms with Gasteiger partial charge in [0.2, 0.25) is 0 Å². The summed E-state index contributed by atoms with van der Waals surface area (Å²) in [7, 11) is 0. The molecule has 1 aromatic heterocycles. The Labute approximate surface area is 139 Å². The van der Waals surface area contributed by atoms with E-state index in [1.807, 2.05) is 0 Å². The second-order valence-corrected chi connectivity index (χ2v) is 5.01. The highest BCUT2D eigenvalue weighted by atomic mass is 19.4. The molecule has 0 aliphatic carbocycles. The molecule has 0 atom stereocenters. The number of hydrogen-bond donors (Lipinski definition) is 2. The van der Waals surface area contributed by atoms with Crippen LogP contribution in [0.15, 0.2) is 41.3 Å². The second kappa shape index (κ2) is 7.77. The highest BCUT2D eigenvalue weighted by Gasteiger charge is 2.34. The molecule has 2 rings (SSSR count). The Kier molecular flexibility index (Phi) is 5.73. The van der Waals surface area contributed by atoms with Crippen LogP contribution >= 0.6 is 0 Å². The number of halogens is 4. The first kappa shape index (κ1) is 18.4. The van der Waals surface area contributed by atoms with Crippen LogP contribution in [0.3, 0.4) is 0 Å². The molecule has 2 N–H and O–H groups in total. The third-order valence-corrected chi connectivity index (χ3v) is 3.15. The maximum Gasteiger partial charge on any atom is 0.419 e. The van der Waals surface area contributed by atoms with E-state index in [1.54, 1.807) is 0 Å². The van der Waals surface area contributed by atoms with E-state index in [-0.39, 0.29) is 24.3 Å². The maximum absolute atomic E-state index is 13.2. The number of nitrogens with one attached hydrogen (secondary N) is 2. The van der Waals surface area contributed by atoms with Gasteiger partial charge in [0, 0.05) is 31.0 Å². The van der Waals surface area contributed by atoms with Gasteiger partial charge in [-0.05, 0) is 30.7 Å². The van der Waals surface area contributed by atoms with E-state index in [4.69, 9.17) is 0 Å². The molecule has 0 radical (unpaired) electrons. The molecule has 2 aromatic rings. The Morgan fingerprint density at radius 1 is 1.24 bits per heavy atom. The first-order chi connectivity index (χ1) is 11.8. The number of alkyl halides is 3. The first-order valence-corrected chi connectivity index (χ1v) is 7.21. The Hall–Kier alpha value is -2.91. The Morgan fingerprint density at radius 2 is 2.00 bits per heavy atom. The lowest BCUT2D eigenvalue weighted by molar-refractivity contribution is -0.139. The van der Waals surface area contributed by atoms with Crippen molar-refractivity contribution in [1.82, 2.24) is 15.1 Å². The van der Waals surface area contributed by atoms with Crippen molar-refractivity contribution < 1.29 is 22.4 Å². The van der Waals surface area contributed by atoms with Gasteiger partial charge in [-0.15, -0.1) is 0 Å². The van der Waals surface area contributed by atoms with Crippen LogP contribution in [0.2, 0.25) is 0 Å². The number of aromatic nitrogens is 2. The minimum atomic E-state index is -4.85. The number of hydrogen-bond acceptors (Lipinski definition) is 3. The fourth-order valence-electron chi connectivity index (χ4n) is 1.98. The molecule has 0 spiro atoms. The van der Waals surface area contributed by atoms with Gasteiger partial charge in [0.05, 0.1) is 5.56 Å². The highest BCUT2D eigenvalue weighted by molar-refractivity contribution is 5.89. The molecule has 0 unspecified atom stereocenters. The predicted molar refractivity (Wildman–Crippen MR) is 81.5 cm³/mol. The summed E-state index contributed by atoms with van der Waals surface area (Å²) in [6.45, 7) is 0.441. The van der Waals surface area contributed by atoms with Crippen LogP contribution in [-0.2, 0) is 12.7 Å². The average molecular weight is 358 g/mol. The van der Waals surface area contributed by atoms with E-state index >= 15 is 0 Å². The zero-order chi connectivity index (χ0) is 18.4. The van der Waals surface area contributed by atoms with Crippen molar-refractivity contribution in [3.8, 4) is 0 Å². The lowest BCUT2D eigenvalue weighted by Gasteiger charge is -2.11. The van der Waals surface area contributed by atoms with Crippen molar-refractivity contribution in [3.05, 3.63) is 58.3 Å². The third kappa shape index (κ3) is 5.30. The van der Waals surface area contributed by atoms with Crippen molar-refractivity contribution in [1.29, 1.82) is 0 Å².